The molecule has 1 aliphatic rings. The number of aromatic nitrogens is 2. The number of amides is 1. The lowest BCUT2D eigenvalue weighted by atomic mass is 10.0. The molecule has 2 aromatic rings. The van der Waals surface area contributed by atoms with Gasteiger partial charge in [0.2, 0.25) is 5.91 Å². The van der Waals surface area contributed by atoms with Crippen LogP contribution in [0.5, 0.6) is 5.75 Å². The van der Waals surface area contributed by atoms with Crippen LogP contribution in [0, 0.1) is 6.92 Å². The summed E-state index contributed by atoms with van der Waals surface area (Å²) < 4.78 is 12.8. The molecule has 0 spiro atoms. The molecular weight excluding hydrogens is 330 g/mol. The van der Waals surface area contributed by atoms with E-state index in [-0.39, 0.29) is 11.9 Å². The first-order valence-electron chi connectivity index (χ1n) is 9.04. The average molecular weight is 357 g/mol. The molecule has 0 saturated carbocycles. The number of likely N-dealkylation sites (tertiary alicyclic amines) is 1. The summed E-state index contributed by atoms with van der Waals surface area (Å²) in [5.41, 5.74) is 2.10. The second kappa shape index (κ2) is 8.36. The van der Waals surface area contributed by atoms with E-state index in [1.807, 2.05) is 35.4 Å². The number of benzene rings is 1. The van der Waals surface area contributed by atoms with Gasteiger partial charge in [-0.15, -0.1) is 0 Å². The van der Waals surface area contributed by atoms with E-state index in [1.165, 1.54) is 0 Å². The molecule has 6 heteroatoms. The molecule has 1 saturated heterocycles. The monoisotopic (exact) mass is 357 g/mol. The molecule has 1 aliphatic heterocycles. The molecule has 0 N–H and O–H groups in total. The number of hydrogen-bond acceptors (Lipinski definition) is 4. The van der Waals surface area contributed by atoms with Gasteiger partial charge in [0, 0.05) is 32.1 Å². The van der Waals surface area contributed by atoms with Crippen LogP contribution in [0.1, 0.15) is 36.0 Å². The number of aryl methyl sites for hydroxylation is 1. The highest BCUT2D eigenvalue weighted by atomic mass is 16.5. The van der Waals surface area contributed by atoms with Gasteiger partial charge >= 0.3 is 0 Å². The number of ether oxygens (including phenoxy) is 2. The van der Waals surface area contributed by atoms with E-state index >= 15 is 0 Å². The van der Waals surface area contributed by atoms with Gasteiger partial charge in [0.1, 0.15) is 18.2 Å². The molecule has 1 aromatic carbocycles. The lowest BCUT2D eigenvalue weighted by Gasteiger charge is -2.35. The molecule has 140 valence electrons. The van der Waals surface area contributed by atoms with Crippen molar-refractivity contribution in [1.29, 1.82) is 0 Å². The highest BCUT2D eigenvalue weighted by Gasteiger charge is 2.27. The van der Waals surface area contributed by atoms with Gasteiger partial charge in [-0.3, -0.25) is 4.79 Å². The Bertz CT molecular complexity index is 757. The predicted molar refractivity (Wildman–Crippen MR) is 99.2 cm³/mol. The Morgan fingerprint density at radius 1 is 1.35 bits per heavy atom. The minimum absolute atomic E-state index is 0.161. The minimum atomic E-state index is 0.161. The van der Waals surface area contributed by atoms with E-state index in [1.54, 1.807) is 14.2 Å². The molecule has 0 aliphatic carbocycles. The maximum Gasteiger partial charge on any atom is 0.227 e. The third-order valence-electron chi connectivity index (χ3n) is 4.94. The fourth-order valence-corrected chi connectivity index (χ4v) is 3.69. The molecule has 1 aromatic heterocycles. The van der Waals surface area contributed by atoms with Gasteiger partial charge in [-0.25, -0.2) is 4.98 Å². The lowest BCUT2D eigenvalue weighted by Crippen LogP contribution is -2.42. The zero-order chi connectivity index (χ0) is 18.5. The van der Waals surface area contributed by atoms with Crippen molar-refractivity contribution in [2.24, 2.45) is 0 Å². The van der Waals surface area contributed by atoms with E-state index in [2.05, 4.69) is 16.5 Å². The van der Waals surface area contributed by atoms with Crippen molar-refractivity contribution in [2.75, 3.05) is 27.3 Å². The fourth-order valence-electron chi connectivity index (χ4n) is 3.69. The number of piperidine rings is 1. The molecule has 0 radical (unpaired) electrons. The van der Waals surface area contributed by atoms with Crippen LogP contribution >= 0.6 is 0 Å². The molecular formula is C20H27N3O3. The summed E-state index contributed by atoms with van der Waals surface area (Å²) in [5, 5.41) is 0. The van der Waals surface area contributed by atoms with Crippen LogP contribution in [0.2, 0.25) is 0 Å². The van der Waals surface area contributed by atoms with Crippen molar-refractivity contribution in [1.82, 2.24) is 14.5 Å². The fraction of sp³-hybridized carbons (Fsp3) is 0.500. The van der Waals surface area contributed by atoms with Crippen molar-refractivity contribution in [2.45, 2.75) is 38.8 Å². The van der Waals surface area contributed by atoms with Crippen LogP contribution in [0.15, 0.2) is 30.5 Å². The van der Waals surface area contributed by atoms with E-state index < -0.39 is 0 Å². The molecule has 3 rings (SSSR count). The first kappa shape index (κ1) is 18.5. The zero-order valence-electron chi connectivity index (χ0n) is 15.8. The van der Waals surface area contributed by atoms with E-state index in [0.29, 0.717) is 13.0 Å². The molecule has 1 amide bonds. The van der Waals surface area contributed by atoms with Crippen LogP contribution in [0.3, 0.4) is 0 Å². The summed E-state index contributed by atoms with van der Waals surface area (Å²) in [4.78, 5) is 19.2. The normalized spacial score (nSPS) is 17.3. The van der Waals surface area contributed by atoms with Crippen LogP contribution in [0.25, 0.3) is 0 Å². The highest BCUT2D eigenvalue weighted by molar-refractivity contribution is 5.79. The van der Waals surface area contributed by atoms with Gasteiger partial charge in [-0.1, -0.05) is 12.1 Å². The number of nitrogens with zero attached hydrogens (tertiary/aromatic N) is 3. The van der Waals surface area contributed by atoms with Crippen LogP contribution in [-0.4, -0.2) is 47.7 Å². The lowest BCUT2D eigenvalue weighted by molar-refractivity contribution is -0.132. The van der Waals surface area contributed by atoms with Gasteiger partial charge in [0.15, 0.2) is 0 Å². The van der Waals surface area contributed by atoms with Crippen LogP contribution < -0.4 is 4.74 Å². The van der Waals surface area contributed by atoms with Crippen molar-refractivity contribution < 1.29 is 14.3 Å². The largest absolute Gasteiger partial charge is 0.497 e. The molecule has 2 heterocycles. The Labute approximate surface area is 154 Å². The Morgan fingerprint density at radius 3 is 2.96 bits per heavy atom. The molecule has 26 heavy (non-hydrogen) atoms. The first-order chi connectivity index (χ1) is 12.6. The quantitative estimate of drug-likeness (QED) is 0.798. The van der Waals surface area contributed by atoms with Crippen LogP contribution in [-0.2, 0) is 22.6 Å². The standard InChI is InChI=1S/C20H27N3O3/c1-15-12-21-19(14-25-2)23(15)17-7-5-9-22(13-17)20(24)11-16-6-4-8-18(10-16)26-3/h4,6,8,10,12,17H,5,7,9,11,13-14H2,1-3H3. The SMILES string of the molecule is COCc1ncc(C)n1C1CCCN(C(=O)Cc2cccc(OC)c2)C1. The third kappa shape index (κ3) is 4.07. The highest BCUT2D eigenvalue weighted by Crippen LogP contribution is 2.26. The molecule has 6 nitrogen and oxygen atoms in total. The summed E-state index contributed by atoms with van der Waals surface area (Å²) in [6.07, 6.45) is 4.33. The summed E-state index contributed by atoms with van der Waals surface area (Å²) in [6.45, 7) is 4.08. The van der Waals surface area contributed by atoms with Gasteiger partial charge in [-0.05, 0) is 37.5 Å². The Hall–Kier alpha value is -2.34. The molecule has 1 atom stereocenters. The van der Waals surface area contributed by atoms with Gasteiger partial charge in [0.05, 0.1) is 19.6 Å². The van der Waals surface area contributed by atoms with Crippen molar-refractivity contribution in [3.63, 3.8) is 0 Å². The summed E-state index contributed by atoms with van der Waals surface area (Å²) in [6, 6.07) is 7.97. The summed E-state index contributed by atoms with van der Waals surface area (Å²) in [7, 11) is 3.32. The van der Waals surface area contributed by atoms with E-state index in [0.717, 1.165) is 48.8 Å². The second-order valence-electron chi connectivity index (χ2n) is 6.78. The number of carbonyl (C=O) groups excluding carboxylic acids is 1. The van der Waals surface area contributed by atoms with E-state index in [4.69, 9.17) is 9.47 Å². The number of methoxy groups -OCH3 is 2. The van der Waals surface area contributed by atoms with Crippen LogP contribution in [0.4, 0.5) is 0 Å². The topological polar surface area (TPSA) is 56.6 Å². The molecule has 1 unspecified atom stereocenters. The Kier molecular flexibility index (Phi) is 5.93. The van der Waals surface area contributed by atoms with Crippen molar-refractivity contribution >= 4 is 5.91 Å². The predicted octanol–water partition coefficient (Wildman–Crippen LogP) is 2.75. The zero-order valence-corrected chi connectivity index (χ0v) is 15.8. The van der Waals surface area contributed by atoms with Crippen molar-refractivity contribution in [3.8, 4) is 5.75 Å². The Morgan fingerprint density at radius 2 is 2.19 bits per heavy atom. The summed E-state index contributed by atoms with van der Waals surface area (Å²) >= 11 is 0. The number of imidazole rings is 1. The minimum Gasteiger partial charge on any atom is -0.497 e. The number of carbonyl (C=O) groups is 1. The summed E-state index contributed by atoms with van der Waals surface area (Å²) in [5.74, 6) is 1.87. The maximum atomic E-state index is 12.8. The van der Waals surface area contributed by atoms with Gasteiger partial charge in [-0.2, -0.15) is 0 Å². The molecule has 0 bridgehead atoms. The van der Waals surface area contributed by atoms with E-state index in [9.17, 15) is 4.79 Å². The van der Waals surface area contributed by atoms with Gasteiger partial charge in [0.25, 0.3) is 0 Å². The number of hydrogen-bond donors (Lipinski definition) is 0. The maximum absolute atomic E-state index is 12.8. The second-order valence-corrected chi connectivity index (χ2v) is 6.78. The average Bonchev–Trinajstić information content (AvgIpc) is 3.02. The van der Waals surface area contributed by atoms with Gasteiger partial charge < -0.3 is 18.9 Å². The van der Waals surface area contributed by atoms with Crippen molar-refractivity contribution in [3.05, 3.63) is 47.5 Å². The third-order valence-corrected chi connectivity index (χ3v) is 4.94. The number of rotatable bonds is 6. The smallest absolute Gasteiger partial charge is 0.227 e. The first-order valence-corrected chi connectivity index (χ1v) is 9.04. The Balaban J connectivity index is 1.70. The molecule has 1 fully saturated rings.